The molecule has 2 rings (SSSR count). The van der Waals surface area contributed by atoms with Crippen molar-refractivity contribution in [3.05, 3.63) is 70.7 Å². The van der Waals surface area contributed by atoms with Gasteiger partial charge in [-0.2, -0.15) is 0 Å². The predicted octanol–water partition coefficient (Wildman–Crippen LogP) is 4.57. The van der Waals surface area contributed by atoms with Gasteiger partial charge in [0.15, 0.2) is 0 Å². The van der Waals surface area contributed by atoms with Crippen LogP contribution < -0.4 is 0 Å². The van der Waals surface area contributed by atoms with E-state index < -0.39 is 5.60 Å². The minimum Gasteiger partial charge on any atom is -0.362 e. The number of ether oxygens (including phenoxy) is 1. The van der Waals surface area contributed by atoms with E-state index in [0.717, 1.165) is 22.7 Å². The summed E-state index contributed by atoms with van der Waals surface area (Å²) in [5, 5.41) is 0.737. The Morgan fingerprint density at radius 1 is 1.00 bits per heavy atom. The van der Waals surface area contributed by atoms with Crippen molar-refractivity contribution in [2.75, 3.05) is 20.6 Å². The van der Waals surface area contributed by atoms with E-state index in [1.165, 1.54) is 0 Å². The maximum Gasteiger partial charge on any atom is 0.116 e. The maximum absolute atomic E-state index is 6.48. The van der Waals surface area contributed by atoms with Crippen molar-refractivity contribution in [1.29, 1.82) is 0 Å². The number of likely N-dealkylation sites (N-methyl/N-ethyl adjacent to an activating group) is 1. The van der Waals surface area contributed by atoms with Gasteiger partial charge in [-0.1, -0.05) is 54.1 Å². The Balaban J connectivity index is 2.38. The topological polar surface area (TPSA) is 12.5 Å². The van der Waals surface area contributed by atoms with Gasteiger partial charge < -0.3 is 9.64 Å². The summed E-state index contributed by atoms with van der Waals surface area (Å²) in [6.07, 6.45) is 0.107. The quantitative estimate of drug-likeness (QED) is 0.773. The van der Waals surface area contributed by atoms with Crippen LogP contribution in [0.2, 0.25) is 5.02 Å². The van der Waals surface area contributed by atoms with E-state index in [1.807, 2.05) is 42.5 Å². The highest BCUT2D eigenvalue weighted by Gasteiger charge is 2.31. The summed E-state index contributed by atoms with van der Waals surface area (Å²) in [7, 11) is 4.12. The van der Waals surface area contributed by atoms with Crippen LogP contribution in [0.3, 0.4) is 0 Å². The van der Waals surface area contributed by atoms with Gasteiger partial charge in [-0.05, 0) is 51.2 Å². The van der Waals surface area contributed by atoms with Crippen molar-refractivity contribution in [2.24, 2.45) is 0 Å². The van der Waals surface area contributed by atoms with Gasteiger partial charge >= 0.3 is 0 Å². The molecule has 0 saturated heterocycles. The smallest absolute Gasteiger partial charge is 0.116 e. The third-order valence-electron chi connectivity index (χ3n) is 3.78. The molecule has 2 nitrogen and oxygen atoms in total. The fourth-order valence-electron chi connectivity index (χ4n) is 2.78. The van der Waals surface area contributed by atoms with Crippen LogP contribution in [0.4, 0.5) is 0 Å². The minimum atomic E-state index is -0.499. The van der Waals surface area contributed by atoms with E-state index in [1.54, 1.807) is 0 Å². The average molecular weight is 318 g/mol. The molecule has 0 radical (unpaired) electrons. The van der Waals surface area contributed by atoms with Crippen molar-refractivity contribution in [2.45, 2.75) is 25.6 Å². The fourth-order valence-corrected chi connectivity index (χ4v) is 2.91. The first kappa shape index (κ1) is 17.0. The zero-order chi connectivity index (χ0) is 16.2. The van der Waals surface area contributed by atoms with Gasteiger partial charge in [0.05, 0.1) is 6.10 Å². The van der Waals surface area contributed by atoms with E-state index in [-0.39, 0.29) is 6.10 Å². The normalized spacial score (nSPS) is 15.5. The molecule has 3 heteroatoms. The summed E-state index contributed by atoms with van der Waals surface area (Å²) >= 11 is 6.03. The summed E-state index contributed by atoms with van der Waals surface area (Å²) in [4.78, 5) is 2.14. The molecule has 0 amide bonds. The largest absolute Gasteiger partial charge is 0.362 e. The van der Waals surface area contributed by atoms with E-state index in [0.29, 0.717) is 0 Å². The van der Waals surface area contributed by atoms with E-state index in [4.69, 9.17) is 16.3 Å². The van der Waals surface area contributed by atoms with Gasteiger partial charge in [0.25, 0.3) is 0 Å². The molecule has 0 spiro atoms. The lowest BCUT2D eigenvalue weighted by Gasteiger charge is -2.35. The van der Waals surface area contributed by atoms with Gasteiger partial charge in [0, 0.05) is 11.6 Å². The van der Waals surface area contributed by atoms with Crippen LogP contribution >= 0.6 is 11.6 Å². The third kappa shape index (κ3) is 4.10. The average Bonchev–Trinajstić information content (AvgIpc) is 2.47. The van der Waals surface area contributed by atoms with Crippen molar-refractivity contribution >= 4 is 11.6 Å². The summed E-state index contributed by atoms with van der Waals surface area (Å²) in [5.74, 6) is 0. The Labute approximate surface area is 138 Å². The molecule has 0 aliphatic heterocycles. The molecule has 0 heterocycles. The van der Waals surface area contributed by atoms with Crippen LogP contribution in [0, 0.1) is 0 Å². The Bertz CT molecular complexity index is 582. The maximum atomic E-state index is 6.48. The number of benzene rings is 2. The zero-order valence-electron chi connectivity index (χ0n) is 13.7. The molecule has 0 aromatic heterocycles. The molecular weight excluding hydrogens is 294 g/mol. The third-order valence-corrected chi connectivity index (χ3v) is 4.03. The lowest BCUT2D eigenvalue weighted by molar-refractivity contribution is -0.0607. The molecule has 0 aliphatic carbocycles. The molecule has 0 saturated carbocycles. The highest BCUT2D eigenvalue weighted by molar-refractivity contribution is 6.30. The monoisotopic (exact) mass is 317 g/mol. The standard InChI is InChI=1S/C19H24ClNO/c1-15(14-21(3)4)22-19(2,16-8-6-5-7-9-16)17-10-12-18(20)13-11-17/h5-13,15H,14H2,1-4H3/t15-,19-/m1/s1. The zero-order valence-corrected chi connectivity index (χ0v) is 14.5. The predicted molar refractivity (Wildman–Crippen MR) is 93.4 cm³/mol. The van der Waals surface area contributed by atoms with Gasteiger partial charge in [-0.15, -0.1) is 0 Å². The Morgan fingerprint density at radius 3 is 2.09 bits per heavy atom. The number of hydrogen-bond acceptors (Lipinski definition) is 2. The second-order valence-corrected chi connectivity index (χ2v) is 6.53. The number of hydrogen-bond donors (Lipinski definition) is 0. The van der Waals surface area contributed by atoms with Crippen LogP contribution in [0.15, 0.2) is 54.6 Å². The number of halogens is 1. The Hall–Kier alpha value is -1.35. The minimum absolute atomic E-state index is 0.107. The molecule has 0 fully saturated rings. The molecule has 0 N–H and O–H groups in total. The van der Waals surface area contributed by atoms with Crippen LogP contribution in [-0.4, -0.2) is 31.6 Å². The van der Waals surface area contributed by atoms with Gasteiger partial charge in [0.1, 0.15) is 5.60 Å². The van der Waals surface area contributed by atoms with E-state index in [9.17, 15) is 0 Å². The summed E-state index contributed by atoms with van der Waals surface area (Å²) in [6.45, 7) is 5.10. The van der Waals surface area contributed by atoms with Gasteiger partial charge in [0.2, 0.25) is 0 Å². The van der Waals surface area contributed by atoms with Crippen LogP contribution in [-0.2, 0) is 10.3 Å². The molecule has 0 bridgehead atoms. The molecule has 0 aliphatic rings. The fraction of sp³-hybridized carbons (Fsp3) is 0.368. The molecule has 2 aromatic rings. The summed E-state index contributed by atoms with van der Waals surface area (Å²) in [5.41, 5.74) is 1.75. The molecule has 0 unspecified atom stereocenters. The Morgan fingerprint density at radius 2 is 1.55 bits per heavy atom. The molecular formula is C19H24ClNO. The SMILES string of the molecule is C[C@H](CN(C)C)O[C@](C)(c1ccccc1)c1ccc(Cl)cc1. The Kier molecular flexibility index (Phi) is 5.63. The first-order valence-electron chi connectivity index (χ1n) is 7.56. The molecule has 2 atom stereocenters. The second-order valence-electron chi connectivity index (χ2n) is 6.10. The molecule has 22 heavy (non-hydrogen) atoms. The van der Waals surface area contributed by atoms with Crippen molar-refractivity contribution < 1.29 is 4.74 Å². The first-order valence-corrected chi connectivity index (χ1v) is 7.94. The van der Waals surface area contributed by atoms with Crippen LogP contribution in [0.25, 0.3) is 0 Å². The molecule has 118 valence electrons. The first-order chi connectivity index (χ1) is 10.4. The van der Waals surface area contributed by atoms with Gasteiger partial charge in [-0.3, -0.25) is 0 Å². The lowest BCUT2D eigenvalue weighted by atomic mass is 9.87. The lowest BCUT2D eigenvalue weighted by Crippen LogP contribution is -2.36. The number of nitrogens with zero attached hydrogens (tertiary/aromatic N) is 1. The second kappa shape index (κ2) is 7.28. The van der Waals surface area contributed by atoms with Crippen LogP contribution in [0.1, 0.15) is 25.0 Å². The van der Waals surface area contributed by atoms with Crippen molar-refractivity contribution in [3.8, 4) is 0 Å². The van der Waals surface area contributed by atoms with Gasteiger partial charge in [-0.25, -0.2) is 0 Å². The van der Waals surface area contributed by atoms with Crippen molar-refractivity contribution in [1.82, 2.24) is 4.90 Å². The summed E-state index contributed by atoms with van der Waals surface area (Å²) < 4.78 is 6.48. The van der Waals surface area contributed by atoms with E-state index >= 15 is 0 Å². The highest BCUT2D eigenvalue weighted by Crippen LogP contribution is 2.35. The highest BCUT2D eigenvalue weighted by atomic mass is 35.5. The van der Waals surface area contributed by atoms with Crippen molar-refractivity contribution in [3.63, 3.8) is 0 Å². The summed E-state index contributed by atoms with van der Waals surface area (Å²) in [6, 6.07) is 18.2. The molecule has 2 aromatic carbocycles. The van der Waals surface area contributed by atoms with E-state index in [2.05, 4.69) is 45.0 Å². The number of rotatable bonds is 6. The van der Waals surface area contributed by atoms with Crippen LogP contribution in [0.5, 0.6) is 0 Å².